The number of Topliss-reactive ketones (excluding diaryl/α,β-unsaturated/α-hetero) is 1. The minimum absolute atomic E-state index is 0.0961. The zero-order chi connectivity index (χ0) is 23.4. The highest BCUT2D eigenvalue weighted by molar-refractivity contribution is 6.23. The molecule has 1 N–H and O–H groups in total. The first-order valence-electron chi connectivity index (χ1n) is 11.2. The van der Waals surface area contributed by atoms with Gasteiger partial charge in [0.25, 0.3) is 0 Å². The average Bonchev–Trinajstić information content (AvgIpc) is 3.04. The van der Waals surface area contributed by atoms with Crippen LogP contribution >= 0.6 is 0 Å². The van der Waals surface area contributed by atoms with Crippen LogP contribution in [0.1, 0.15) is 31.2 Å². The molecule has 1 saturated heterocycles. The monoisotopic (exact) mass is 447 g/mol. The molecule has 0 unspecified atom stereocenters. The Labute approximate surface area is 191 Å². The summed E-state index contributed by atoms with van der Waals surface area (Å²) in [7, 11) is 1.51. The summed E-state index contributed by atoms with van der Waals surface area (Å²) in [5, 5.41) is 8.99. The van der Waals surface area contributed by atoms with E-state index < -0.39 is 17.8 Å². The van der Waals surface area contributed by atoms with Gasteiger partial charge in [-0.1, -0.05) is 23.8 Å². The number of allylic oxidation sites excluding steroid dienone is 6. The van der Waals surface area contributed by atoms with Crippen molar-refractivity contribution in [2.45, 2.75) is 25.7 Å². The number of fused-ring (bicyclic) bond motifs is 3. The minimum atomic E-state index is -0.513. The van der Waals surface area contributed by atoms with Gasteiger partial charge in [-0.25, -0.2) is 0 Å². The van der Waals surface area contributed by atoms with E-state index >= 15 is 0 Å². The lowest BCUT2D eigenvalue weighted by atomic mass is 9.59. The van der Waals surface area contributed by atoms with Crippen molar-refractivity contribution >= 4 is 23.4 Å². The molecule has 170 valence electrons. The molecule has 0 bridgehead atoms. The maximum atomic E-state index is 13.3. The van der Waals surface area contributed by atoms with E-state index in [1.807, 2.05) is 18.2 Å². The van der Waals surface area contributed by atoms with Crippen LogP contribution in [-0.4, -0.2) is 53.6 Å². The van der Waals surface area contributed by atoms with Crippen molar-refractivity contribution in [3.8, 4) is 5.75 Å². The minimum Gasteiger partial charge on any atom is -0.491 e. The van der Waals surface area contributed by atoms with Gasteiger partial charge in [-0.3, -0.25) is 24.1 Å². The number of hydrogen-bond acceptors (Lipinski definition) is 6. The van der Waals surface area contributed by atoms with Crippen LogP contribution in [0.15, 0.2) is 58.7 Å². The predicted octanol–water partition coefficient (Wildman–Crippen LogP) is 2.12. The number of benzene rings is 1. The first-order valence-corrected chi connectivity index (χ1v) is 11.2. The summed E-state index contributed by atoms with van der Waals surface area (Å²) in [4.78, 5) is 53.1. The van der Waals surface area contributed by atoms with Crippen LogP contribution in [-0.2, 0) is 19.2 Å². The second-order valence-electron chi connectivity index (χ2n) is 9.11. The molecule has 7 heteroatoms. The maximum Gasteiger partial charge on any atom is 0.233 e. The molecule has 0 saturated carbocycles. The fourth-order valence-corrected chi connectivity index (χ4v) is 5.82. The van der Waals surface area contributed by atoms with Crippen molar-refractivity contribution in [1.29, 1.82) is 0 Å². The summed E-state index contributed by atoms with van der Waals surface area (Å²) in [5.41, 5.74) is 3.11. The lowest BCUT2D eigenvalue weighted by Crippen LogP contribution is -2.39. The van der Waals surface area contributed by atoms with Crippen molar-refractivity contribution < 1.29 is 29.0 Å². The number of imide groups is 1. The van der Waals surface area contributed by atoms with Gasteiger partial charge in [0.1, 0.15) is 12.4 Å². The maximum absolute atomic E-state index is 13.3. The van der Waals surface area contributed by atoms with E-state index in [9.17, 15) is 19.2 Å². The van der Waals surface area contributed by atoms with Gasteiger partial charge < -0.3 is 9.84 Å². The lowest BCUT2D eigenvalue weighted by Gasteiger charge is -2.42. The van der Waals surface area contributed by atoms with E-state index in [0.29, 0.717) is 28.9 Å². The molecule has 2 amide bonds. The largest absolute Gasteiger partial charge is 0.491 e. The number of carbonyl (C=O) groups is 4. The van der Waals surface area contributed by atoms with E-state index in [-0.39, 0.29) is 48.9 Å². The fourth-order valence-electron chi connectivity index (χ4n) is 5.82. The molecule has 1 aromatic rings. The van der Waals surface area contributed by atoms with Crippen molar-refractivity contribution in [2.24, 2.45) is 17.8 Å². The number of carbonyl (C=O) groups excluding carboxylic acids is 4. The summed E-state index contributed by atoms with van der Waals surface area (Å²) < 4.78 is 5.47. The standard InChI is InChI=1S/C26H25NO6/c1-13-11-20(29)19-12-18-16(7-8-17-22(18)26(32)27(2)25(17)31)21(23(19)24(13)30)14-3-5-15(6-4-14)33-10-9-28/h3-7,11,17-18,21-22,28H,8-10,12H2,1-2H3/t17-,18+,21-,22-/m0/s1. The molecule has 4 aliphatic rings. The molecule has 1 aliphatic heterocycles. The van der Waals surface area contributed by atoms with E-state index in [1.165, 1.54) is 18.0 Å². The zero-order valence-corrected chi connectivity index (χ0v) is 18.5. The molecule has 3 aliphatic carbocycles. The van der Waals surface area contributed by atoms with Crippen molar-refractivity contribution in [3.63, 3.8) is 0 Å². The normalized spacial score (nSPS) is 28.9. The molecule has 0 radical (unpaired) electrons. The second-order valence-corrected chi connectivity index (χ2v) is 9.11. The van der Waals surface area contributed by atoms with Gasteiger partial charge in [-0.2, -0.15) is 0 Å². The van der Waals surface area contributed by atoms with E-state index in [1.54, 1.807) is 19.1 Å². The average molecular weight is 447 g/mol. The van der Waals surface area contributed by atoms with Crippen LogP contribution in [0.5, 0.6) is 5.75 Å². The third kappa shape index (κ3) is 3.22. The highest BCUT2D eigenvalue weighted by Gasteiger charge is 2.55. The molecule has 4 atom stereocenters. The number of aliphatic hydroxyl groups excluding tert-OH is 1. The Morgan fingerprint density at radius 3 is 2.48 bits per heavy atom. The molecule has 0 aromatic heterocycles. The number of ketones is 2. The summed E-state index contributed by atoms with van der Waals surface area (Å²) in [5.74, 6) is -1.83. The third-order valence-corrected chi connectivity index (χ3v) is 7.36. The summed E-state index contributed by atoms with van der Waals surface area (Å²) >= 11 is 0. The number of aliphatic hydroxyl groups is 1. The van der Waals surface area contributed by atoms with Gasteiger partial charge in [0.2, 0.25) is 11.8 Å². The Kier molecular flexibility index (Phi) is 5.16. The number of amides is 2. The van der Waals surface area contributed by atoms with E-state index in [4.69, 9.17) is 9.84 Å². The van der Waals surface area contributed by atoms with Crippen LogP contribution in [0.4, 0.5) is 0 Å². The molecule has 1 aromatic carbocycles. The Morgan fingerprint density at radius 2 is 1.79 bits per heavy atom. The molecule has 0 spiro atoms. The van der Waals surface area contributed by atoms with Crippen LogP contribution in [0.2, 0.25) is 0 Å². The molecule has 7 nitrogen and oxygen atoms in total. The fraction of sp³-hybridized carbons (Fsp3) is 0.385. The van der Waals surface area contributed by atoms with Gasteiger partial charge >= 0.3 is 0 Å². The first-order chi connectivity index (χ1) is 15.8. The SMILES string of the molecule is CC1=CC(=O)C2=C(C1=O)[C@@H](c1ccc(OCCO)cc1)C1=CC[C@@H]3C(=O)N(C)C(=O)[C@@H]3[C@@H]1C2. The Morgan fingerprint density at radius 1 is 1.06 bits per heavy atom. The van der Waals surface area contributed by atoms with Gasteiger partial charge in [-0.15, -0.1) is 0 Å². The summed E-state index contributed by atoms with van der Waals surface area (Å²) in [6.45, 7) is 1.73. The molecular formula is C26H25NO6. The quantitative estimate of drug-likeness (QED) is 0.431. The zero-order valence-electron chi connectivity index (χ0n) is 18.5. The van der Waals surface area contributed by atoms with Gasteiger partial charge in [-0.05, 0) is 49.5 Å². The van der Waals surface area contributed by atoms with Crippen LogP contribution in [0, 0.1) is 17.8 Å². The van der Waals surface area contributed by atoms with Crippen molar-refractivity contribution in [1.82, 2.24) is 4.90 Å². The number of rotatable bonds is 4. The van der Waals surface area contributed by atoms with Crippen LogP contribution < -0.4 is 4.74 Å². The van der Waals surface area contributed by atoms with Crippen molar-refractivity contribution in [2.75, 3.05) is 20.3 Å². The topological polar surface area (TPSA) is 101 Å². The highest BCUT2D eigenvalue weighted by Crippen LogP contribution is 2.54. The Hall–Kier alpha value is -3.32. The number of hydrogen-bond donors (Lipinski definition) is 1. The Balaban J connectivity index is 1.63. The first kappa shape index (κ1) is 21.5. The van der Waals surface area contributed by atoms with Crippen LogP contribution in [0.3, 0.4) is 0 Å². The number of ether oxygens (including phenoxy) is 1. The number of likely N-dealkylation sites (tertiary alicyclic amines) is 1. The molecule has 33 heavy (non-hydrogen) atoms. The second kappa shape index (κ2) is 7.92. The molecule has 1 heterocycles. The Bertz CT molecular complexity index is 1170. The number of nitrogens with zero attached hydrogens (tertiary/aromatic N) is 1. The lowest BCUT2D eigenvalue weighted by molar-refractivity contribution is -0.138. The van der Waals surface area contributed by atoms with Gasteiger partial charge in [0.05, 0.1) is 18.4 Å². The van der Waals surface area contributed by atoms with Gasteiger partial charge in [0, 0.05) is 29.7 Å². The molecular weight excluding hydrogens is 422 g/mol. The van der Waals surface area contributed by atoms with E-state index in [0.717, 1.165) is 11.1 Å². The molecule has 5 rings (SSSR count). The van der Waals surface area contributed by atoms with E-state index in [2.05, 4.69) is 0 Å². The predicted molar refractivity (Wildman–Crippen MR) is 118 cm³/mol. The molecule has 1 fully saturated rings. The smallest absolute Gasteiger partial charge is 0.233 e. The highest BCUT2D eigenvalue weighted by atomic mass is 16.5. The summed E-state index contributed by atoms with van der Waals surface area (Å²) in [6.07, 6.45) is 4.12. The van der Waals surface area contributed by atoms with Gasteiger partial charge in [0.15, 0.2) is 11.6 Å². The van der Waals surface area contributed by atoms with Crippen molar-refractivity contribution in [3.05, 3.63) is 64.3 Å². The third-order valence-electron chi connectivity index (χ3n) is 7.36. The van der Waals surface area contributed by atoms with Crippen LogP contribution in [0.25, 0.3) is 0 Å². The summed E-state index contributed by atoms with van der Waals surface area (Å²) in [6, 6.07) is 7.26.